The van der Waals surface area contributed by atoms with Crippen LogP contribution in [0.5, 0.6) is 0 Å². The van der Waals surface area contributed by atoms with Crippen LogP contribution in [0, 0.1) is 5.92 Å². The van der Waals surface area contributed by atoms with E-state index in [0.29, 0.717) is 18.1 Å². The molecule has 1 heterocycles. The molecule has 1 rings (SSSR count). The number of ether oxygens (including phenoxy) is 1. The summed E-state index contributed by atoms with van der Waals surface area (Å²) < 4.78 is 16.6. The second kappa shape index (κ2) is 6.61. The van der Waals surface area contributed by atoms with E-state index in [9.17, 15) is 4.21 Å². The van der Waals surface area contributed by atoms with Gasteiger partial charge in [-0.05, 0) is 18.8 Å². The minimum Gasteiger partial charge on any atom is -0.378 e. The van der Waals surface area contributed by atoms with Gasteiger partial charge in [0, 0.05) is 42.0 Å². The highest BCUT2D eigenvalue weighted by atomic mass is 32.2. The van der Waals surface area contributed by atoms with Gasteiger partial charge >= 0.3 is 0 Å². The third-order valence-electron chi connectivity index (χ3n) is 2.88. The van der Waals surface area contributed by atoms with Crippen LogP contribution in [-0.4, -0.2) is 41.5 Å². The van der Waals surface area contributed by atoms with E-state index in [2.05, 4.69) is 19.2 Å². The third-order valence-corrected chi connectivity index (χ3v) is 3.66. The standard InChI is InChI=1S/C11H23NO2S/c1-9(2)11-8-10(4-6-14-11)12-5-7-15(3)13/h9-12H,4-8H2,1-3H3. The molecule has 0 aromatic carbocycles. The zero-order valence-corrected chi connectivity index (χ0v) is 10.8. The summed E-state index contributed by atoms with van der Waals surface area (Å²) >= 11 is 0. The van der Waals surface area contributed by atoms with Gasteiger partial charge in [0.1, 0.15) is 0 Å². The van der Waals surface area contributed by atoms with Gasteiger partial charge < -0.3 is 10.1 Å². The molecule has 90 valence electrons. The number of nitrogens with one attached hydrogen (secondary N) is 1. The molecular formula is C11H23NO2S. The van der Waals surface area contributed by atoms with E-state index in [4.69, 9.17) is 4.74 Å². The lowest BCUT2D eigenvalue weighted by Gasteiger charge is -2.32. The molecule has 0 aromatic heterocycles. The van der Waals surface area contributed by atoms with Crippen molar-refractivity contribution in [1.29, 1.82) is 0 Å². The van der Waals surface area contributed by atoms with Crippen LogP contribution in [0.25, 0.3) is 0 Å². The maximum absolute atomic E-state index is 10.9. The zero-order valence-electron chi connectivity index (χ0n) is 9.99. The summed E-state index contributed by atoms with van der Waals surface area (Å²) in [4.78, 5) is 0. The zero-order chi connectivity index (χ0) is 11.3. The maximum atomic E-state index is 10.9. The van der Waals surface area contributed by atoms with E-state index >= 15 is 0 Å². The lowest BCUT2D eigenvalue weighted by atomic mass is 9.95. The van der Waals surface area contributed by atoms with Crippen molar-refractivity contribution in [2.24, 2.45) is 5.92 Å². The molecule has 4 heteroatoms. The Morgan fingerprint density at radius 2 is 2.27 bits per heavy atom. The second-order valence-corrected chi connectivity index (χ2v) is 6.16. The summed E-state index contributed by atoms with van der Waals surface area (Å²) in [5.41, 5.74) is 0. The van der Waals surface area contributed by atoms with Crippen molar-refractivity contribution in [3.63, 3.8) is 0 Å². The van der Waals surface area contributed by atoms with Crippen LogP contribution in [0.4, 0.5) is 0 Å². The number of rotatable bonds is 5. The number of hydrogen-bond acceptors (Lipinski definition) is 3. The lowest BCUT2D eigenvalue weighted by molar-refractivity contribution is -0.0240. The van der Waals surface area contributed by atoms with E-state index in [-0.39, 0.29) is 0 Å². The quantitative estimate of drug-likeness (QED) is 0.774. The fourth-order valence-electron chi connectivity index (χ4n) is 1.88. The molecule has 0 saturated carbocycles. The molecule has 15 heavy (non-hydrogen) atoms. The lowest BCUT2D eigenvalue weighted by Crippen LogP contribution is -2.42. The van der Waals surface area contributed by atoms with Gasteiger partial charge in [0.15, 0.2) is 0 Å². The molecule has 3 nitrogen and oxygen atoms in total. The van der Waals surface area contributed by atoms with Gasteiger partial charge in [-0.2, -0.15) is 0 Å². The molecule has 1 aliphatic rings. The first kappa shape index (κ1) is 13.1. The third kappa shape index (κ3) is 5.09. The van der Waals surface area contributed by atoms with Crippen molar-refractivity contribution in [2.45, 2.75) is 38.8 Å². The molecule has 1 aliphatic heterocycles. The molecule has 1 saturated heterocycles. The van der Waals surface area contributed by atoms with Gasteiger partial charge in [-0.25, -0.2) is 0 Å². The fraction of sp³-hybridized carbons (Fsp3) is 1.00. The van der Waals surface area contributed by atoms with Gasteiger partial charge in [-0.3, -0.25) is 4.21 Å². The summed E-state index contributed by atoms with van der Waals surface area (Å²) in [5, 5.41) is 3.46. The minimum atomic E-state index is -0.681. The molecule has 3 atom stereocenters. The normalized spacial score (nSPS) is 29.3. The summed E-state index contributed by atoms with van der Waals surface area (Å²) in [7, 11) is -0.681. The van der Waals surface area contributed by atoms with Crippen LogP contribution >= 0.6 is 0 Å². The van der Waals surface area contributed by atoms with Crippen LogP contribution < -0.4 is 5.32 Å². The Morgan fingerprint density at radius 1 is 1.53 bits per heavy atom. The largest absolute Gasteiger partial charge is 0.378 e. The smallest absolute Gasteiger partial charge is 0.0612 e. The molecule has 0 spiro atoms. The van der Waals surface area contributed by atoms with E-state index in [1.807, 2.05) is 0 Å². The predicted molar refractivity (Wildman–Crippen MR) is 64.5 cm³/mol. The minimum absolute atomic E-state index is 0.392. The van der Waals surface area contributed by atoms with Crippen molar-refractivity contribution in [3.8, 4) is 0 Å². The molecule has 0 aromatic rings. The predicted octanol–water partition coefficient (Wildman–Crippen LogP) is 1.16. The molecule has 0 bridgehead atoms. The van der Waals surface area contributed by atoms with Crippen molar-refractivity contribution in [3.05, 3.63) is 0 Å². The highest BCUT2D eigenvalue weighted by molar-refractivity contribution is 7.84. The van der Waals surface area contributed by atoms with E-state index in [0.717, 1.165) is 31.7 Å². The maximum Gasteiger partial charge on any atom is 0.0612 e. The van der Waals surface area contributed by atoms with Gasteiger partial charge in [0.05, 0.1) is 6.10 Å². The summed E-state index contributed by atoms with van der Waals surface area (Å²) in [5.74, 6) is 1.35. The monoisotopic (exact) mass is 233 g/mol. The highest BCUT2D eigenvalue weighted by Crippen LogP contribution is 2.19. The molecule has 1 fully saturated rings. The van der Waals surface area contributed by atoms with Gasteiger partial charge in [0.25, 0.3) is 0 Å². The summed E-state index contributed by atoms with van der Waals surface area (Å²) in [6.07, 6.45) is 4.32. The Morgan fingerprint density at radius 3 is 2.87 bits per heavy atom. The van der Waals surface area contributed by atoms with Crippen molar-refractivity contribution in [1.82, 2.24) is 5.32 Å². The first-order chi connectivity index (χ1) is 7.09. The Balaban J connectivity index is 2.21. The first-order valence-corrected chi connectivity index (χ1v) is 7.47. The van der Waals surface area contributed by atoms with E-state index in [1.165, 1.54) is 0 Å². The van der Waals surface area contributed by atoms with Gasteiger partial charge in [0.2, 0.25) is 0 Å². The average Bonchev–Trinajstić information content (AvgIpc) is 2.17. The van der Waals surface area contributed by atoms with E-state index in [1.54, 1.807) is 6.26 Å². The van der Waals surface area contributed by atoms with E-state index < -0.39 is 10.8 Å². The fourth-order valence-corrected chi connectivity index (χ4v) is 2.29. The topological polar surface area (TPSA) is 38.3 Å². The van der Waals surface area contributed by atoms with Crippen LogP contribution in [0.15, 0.2) is 0 Å². The van der Waals surface area contributed by atoms with Crippen molar-refractivity contribution in [2.75, 3.05) is 25.2 Å². The number of hydrogen-bond donors (Lipinski definition) is 1. The van der Waals surface area contributed by atoms with Crippen LogP contribution in [0.2, 0.25) is 0 Å². The second-order valence-electron chi connectivity index (χ2n) is 4.61. The van der Waals surface area contributed by atoms with Crippen LogP contribution in [0.1, 0.15) is 26.7 Å². The molecule has 1 N–H and O–H groups in total. The van der Waals surface area contributed by atoms with Gasteiger partial charge in [-0.1, -0.05) is 13.8 Å². The summed E-state index contributed by atoms with van der Waals surface area (Å²) in [6.45, 7) is 6.12. The van der Waals surface area contributed by atoms with Crippen LogP contribution in [-0.2, 0) is 15.5 Å². The molecular weight excluding hydrogens is 210 g/mol. The highest BCUT2D eigenvalue weighted by Gasteiger charge is 2.24. The first-order valence-electron chi connectivity index (χ1n) is 5.74. The van der Waals surface area contributed by atoms with Crippen molar-refractivity contribution < 1.29 is 8.95 Å². The Labute approximate surface area is 95.4 Å². The molecule has 3 unspecified atom stereocenters. The summed E-state index contributed by atoms with van der Waals surface area (Å²) in [6, 6.07) is 0.551. The van der Waals surface area contributed by atoms with Crippen molar-refractivity contribution >= 4 is 10.8 Å². The molecule has 0 radical (unpaired) electrons. The average molecular weight is 233 g/mol. The SMILES string of the molecule is CC(C)C1CC(NCCS(C)=O)CCO1. The van der Waals surface area contributed by atoms with Crippen LogP contribution in [0.3, 0.4) is 0 Å². The Hall–Kier alpha value is 0.0700. The Kier molecular flexibility index (Phi) is 5.79. The Bertz CT molecular complexity index is 209. The molecule has 0 amide bonds. The van der Waals surface area contributed by atoms with Gasteiger partial charge in [-0.15, -0.1) is 0 Å². The molecule has 0 aliphatic carbocycles.